The quantitative estimate of drug-likeness (QED) is 0.554. The van der Waals surface area contributed by atoms with Gasteiger partial charge in [0.25, 0.3) is 0 Å². The fourth-order valence-electron chi connectivity index (χ4n) is 6.07. The maximum atomic E-state index is 13.7. The van der Waals surface area contributed by atoms with Gasteiger partial charge < -0.3 is 19.3 Å². The predicted molar refractivity (Wildman–Crippen MR) is 125 cm³/mol. The number of rotatable bonds is 3. The number of benzene rings is 1. The molecule has 1 aliphatic carbocycles. The van der Waals surface area contributed by atoms with Gasteiger partial charge in [-0.15, -0.1) is 0 Å². The highest BCUT2D eigenvalue weighted by molar-refractivity contribution is 5.54. The van der Waals surface area contributed by atoms with Crippen LogP contribution in [0, 0.1) is 5.41 Å². The molecule has 1 spiro atoms. The van der Waals surface area contributed by atoms with Crippen molar-refractivity contribution in [2.24, 2.45) is 5.41 Å². The van der Waals surface area contributed by atoms with Crippen molar-refractivity contribution in [1.82, 2.24) is 4.98 Å². The van der Waals surface area contributed by atoms with Crippen LogP contribution in [0.3, 0.4) is 0 Å². The molecule has 36 heavy (non-hydrogen) atoms. The molecule has 0 bridgehead atoms. The van der Waals surface area contributed by atoms with Crippen LogP contribution in [0.4, 0.5) is 13.2 Å². The Morgan fingerprint density at radius 2 is 1.69 bits per heavy atom. The monoisotopic (exact) mass is 504 g/mol. The minimum Gasteiger partial charge on any atom is -0.848 e. The molecule has 0 amide bonds. The van der Waals surface area contributed by atoms with E-state index in [2.05, 4.69) is 13.8 Å². The van der Waals surface area contributed by atoms with Gasteiger partial charge in [-0.1, -0.05) is 38.5 Å². The zero-order chi connectivity index (χ0) is 26.1. The Balaban J connectivity index is 1.78. The molecule has 5 rings (SSSR count). The van der Waals surface area contributed by atoms with Crippen LogP contribution in [0.1, 0.15) is 98.4 Å². The highest BCUT2D eigenvalue weighted by atomic mass is 19.4. The Labute approximate surface area is 210 Å². The van der Waals surface area contributed by atoms with Gasteiger partial charge in [0.1, 0.15) is 11.7 Å². The number of aromatic nitrogens is 1. The number of pyridine rings is 1. The lowest BCUT2D eigenvalue weighted by Gasteiger charge is -2.44. The molecule has 0 radical (unpaired) electrons. The number of halogens is 3. The van der Waals surface area contributed by atoms with Gasteiger partial charge in [0.2, 0.25) is 0 Å². The van der Waals surface area contributed by atoms with Crippen molar-refractivity contribution in [2.75, 3.05) is 20.3 Å². The lowest BCUT2D eigenvalue weighted by Crippen LogP contribution is -2.40. The summed E-state index contributed by atoms with van der Waals surface area (Å²) in [4.78, 5) is 5.07. The predicted octanol–water partition coefficient (Wildman–Crippen LogP) is 5.48. The Bertz CT molecular complexity index is 1150. The van der Waals surface area contributed by atoms with Gasteiger partial charge in [0.05, 0.1) is 16.9 Å². The molecule has 3 aliphatic rings. The second-order valence-corrected chi connectivity index (χ2v) is 11.6. The summed E-state index contributed by atoms with van der Waals surface area (Å²) in [6.45, 7) is 8.97. The average molecular weight is 505 g/mol. The van der Waals surface area contributed by atoms with Crippen LogP contribution in [0.25, 0.3) is 0 Å². The van der Waals surface area contributed by atoms with Crippen molar-refractivity contribution in [2.45, 2.75) is 83.0 Å². The molecular formula is C28H33F3NO4-. The summed E-state index contributed by atoms with van der Waals surface area (Å²) in [5.41, 5.74) is 1.94. The number of ether oxygens (including phenoxy) is 3. The summed E-state index contributed by atoms with van der Waals surface area (Å²) in [7, 11) is 1.61. The zero-order valence-corrected chi connectivity index (χ0v) is 21.4. The van der Waals surface area contributed by atoms with E-state index in [1.54, 1.807) is 7.11 Å². The van der Waals surface area contributed by atoms with Gasteiger partial charge in [-0.25, -0.2) is 0 Å². The lowest BCUT2D eigenvalue weighted by atomic mass is 9.69. The fraction of sp³-hybridized carbons (Fsp3) is 0.607. The van der Waals surface area contributed by atoms with E-state index in [1.165, 1.54) is 12.1 Å². The molecule has 1 aromatic carbocycles. The van der Waals surface area contributed by atoms with Crippen LogP contribution in [-0.4, -0.2) is 25.3 Å². The second-order valence-electron chi connectivity index (χ2n) is 11.6. The van der Waals surface area contributed by atoms with Crippen molar-refractivity contribution >= 4 is 0 Å². The number of methoxy groups -OCH3 is 1. The first-order valence-corrected chi connectivity index (χ1v) is 12.5. The Kier molecular flexibility index (Phi) is 6.06. The summed E-state index contributed by atoms with van der Waals surface area (Å²) in [5.74, 6) is 0. The van der Waals surface area contributed by atoms with Gasteiger partial charge in [-0.3, -0.25) is 4.98 Å². The van der Waals surface area contributed by atoms with Crippen LogP contribution in [0.15, 0.2) is 24.3 Å². The van der Waals surface area contributed by atoms with Crippen molar-refractivity contribution in [1.29, 1.82) is 0 Å². The first-order chi connectivity index (χ1) is 16.8. The summed E-state index contributed by atoms with van der Waals surface area (Å²) in [6.07, 6.45) is -3.77. The number of fused-ring (bicyclic) bond motifs is 4. The molecule has 2 aliphatic heterocycles. The minimum absolute atomic E-state index is 0.190. The fourth-order valence-corrected chi connectivity index (χ4v) is 6.07. The summed E-state index contributed by atoms with van der Waals surface area (Å²) < 4.78 is 58.2. The van der Waals surface area contributed by atoms with E-state index in [4.69, 9.17) is 19.2 Å². The molecule has 1 aromatic heterocycles. The lowest BCUT2D eigenvalue weighted by molar-refractivity contribution is -0.434. The Morgan fingerprint density at radius 3 is 2.28 bits per heavy atom. The van der Waals surface area contributed by atoms with E-state index < -0.39 is 35.1 Å². The van der Waals surface area contributed by atoms with Gasteiger partial charge in [-0.05, 0) is 54.5 Å². The van der Waals surface area contributed by atoms with Crippen molar-refractivity contribution in [3.63, 3.8) is 0 Å². The van der Waals surface area contributed by atoms with Crippen molar-refractivity contribution < 1.29 is 32.5 Å². The van der Waals surface area contributed by atoms with Gasteiger partial charge in [0.15, 0.2) is 0 Å². The summed E-state index contributed by atoms with van der Waals surface area (Å²) in [5, 5.41) is 13.7. The number of hydrogen-bond donors (Lipinski definition) is 0. The van der Waals surface area contributed by atoms with Crippen LogP contribution >= 0.6 is 0 Å². The molecule has 0 N–H and O–H groups in total. The Morgan fingerprint density at radius 1 is 1.06 bits per heavy atom. The highest BCUT2D eigenvalue weighted by Gasteiger charge is 2.52. The standard InChI is InChI=1S/C28H33F3NO4/c1-25(2)14-18-20(19(33)15-25)22-21(24(32-18)26(3,4)34-5)23(36-27(22)10-12-35-13-11-27)16-6-8-17(9-7-16)28(29,30)31/h6-9,19,23H,10-15H2,1-5H3/q-1/t19?,23-/m1/s1. The van der Waals surface area contributed by atoms with E-state index in [0.29, 0.717) is 55.7 Å². The van der Waals surface area contributed by atoms with Gasteiger partial charge in [0, 0.05) is 44.4 Å². The van der Waals surface area contributed by atoms with Crippen LogP contribution in [0.5, 0.6) is 0 Å². The molecule has 3 heterocycles. The first kappa shape index (κ1) is 25.6. The number of nitrogens with zero attached hydrogens (tertiary/aromatic N) is 1. The van der Waals surface area contributed by atoms with Gasteiger partial charge in [-0.2, -0.15) is 13.2 Å². The highest BCUT2D eigenvalue weighted by Crippen LogP contribution is 2.57. The largest absolute Gasteiger partial charge is 0.848 e. The normalized spacial score (nSPS) is 25.0. The van der Waals surface area contributed by atoms with Crippen LogP contribution in [-0.2, 0) is 38.0 Å². The van der Waals surface area contributed by atoms with Crippen molar-refractivity contribution in [3.8, 4) is 0 Å². The summed E-state index contributed by atoms with van der Waals surface area (Å²) >= 11 is 0. The third-order valence-corrected chi connectivity index (χ3v) is 8.04. The molecule has 0 saturated carbocycles. The molecule has 5 nitrogen and oxygen atoms in total. The maximum absolute atomic E-state index is 13.7. The van der Waals surface area contributed by atoms with Crippen molar-refractivity contribution in [3.05, 3.63) is 63.5 Å². The molecule has 1 saturated heterocycles. The third-order valence-electron chi connectivity index (χ3n) is 8.04. The van der Waals surface area contributed by atoms with E-state index in [0.717, 1.165) is 29.0 Å². The molecule has 2 aromatic rings. The molecule has 1 fully saturated rings. The smallest absolute Gasteiger partial charge is 0.416 e. The van der Waals surface area contributed by atoms with E-state index in [1.807, 2.05) is 13.8 Å². The topological polar surface area (TPSA) is 63.6 Å². The van der Waals surface area contributed by atoms with E-state index in [9.17, 15) is 18.3 Å². The second kappa shape index (κ2) is 8.51. The molecule has 2 atom stereocenters. The summed E-state index contributed by atoms with van der Waals surface area (Å²) in [6, 6.07) is 5.10. The molecule has 1 unspecified atom stereocenters. The first-order valence-electron chi connectivity index (χ1n) is 12.5. The third kappa shape index (κ3) is 4.16. The molecule has 8 heteroatoms. The SMILES string of the molecule is COC(C)(C)c1nc2c(c3c1[C@@H](c1ccc(C(F)(F)F)cc1)OC31CCOCC1)C([O-])CC(C)(C)C2. The number of hydrogen-bond acceptors (Lipinski definition) is 5. The van der Waals surface area contributed by atoms with E-state index >= 15 is 0 Å². The molecular weight excluding hydrogens is 471 g/mol. The van der Waals surface area contributed by atoms with Crippen LogP contribution < -0.4 is 5.11 Å². The van der Waals surface area contributed by atoms with Gasteiger partial charge >= 0.3 is 6.18 Å². The maximum Gasteiger partial charge on any atom is 0.416 e. The zero-order valence-electron chi connectivity index (χ0n) is 21.4. The van der Waals surface area contributed by atoms with Crippen LogP contribution in [0.2, 0.25) is 0 Å². The Hall–Kier alpha value is -2.00. The average Bonchev–Trinajstić information content (AvgIpc) is 3.11. The van der Waals surface area contributed by atoms with E-state index in [-0.39, 0.29) is 5.41 Å². The number of alkyl halides is 3. The minimum atomic E-state index is -4.43. The molecule has 196 valence electrons.